The number of benzene rings is 1. The van der Waals surface area contributed by atoms with Crippen LogP contribution in [0.2, 0.25) is 0 Å². The molecule has 4 bridgehead atoms. The molecule has 1 aromatic rings. The second kappa shape index (κ2) is 7.72. The molecule has 4 aliphatic carbocycles. The number of hydrogen-bond donors (Lipinski definition) is 3. The van der Waals surface area contributed by atoms with Gasteiger partial charge in [0.25, 0.3) is 0 Å². The van der Waals surface area contributed by atoms with Crippen LogP contribution < -0.4 is 15.4 Å². The molecule has 0 radical (unpaired) electrons. The largest absolute Gasteiger partial charge is 0.494 e. The lowest BCUT2D eigenvalue weighted by atomic mass is 9.51. The fourth-order valence-corrected chi connectivity index (χ4v) is 7.46. The van der Waals surface area contributed by atoms with Crippen LogP contribution in [0.1, 0.15) is 69.8 Å². The maximum Gasteiger partial charge on any atom is 0.220 e. The standard InChI is InChI=1S/C25H33FN2O4/c1-32-20-9-16(2-3-19(20)26)10-23(6-4-21(29)27-23)7-5-22(30)28-24-11-17-8-18(12-24)14-25(31,13-17)15-24/h2-3,9,17-18,31H,4-8,10-15H2,1H3,(H,27,29)(H,28,30)/t17-,18-,23-,24?,25?/m1/s1. The molecule has 3 N–H and O–H groups in total. The van der Waals surface area contributed by atoms with Crippen LogP contribution in [0.15, 0.2) is 18.2 Å². The third kappa shape index (κ3) is 4.12. The molecule has 5 fully saturated rings. The Morgan fingerprint density at radius 2 is 2.03 bits per heavy atom. The fourth-order valence-electron chi connectivity index (χ4n) is 7.46. The Hall–Kier alpha value is -2.15. The van der Waals surface area contributed by atoms with Crippen LogP contribution >= 0.6 is 0 Å². The molecular formula is C25H33FN2O4. The summed E-state index contributed by atoms with van der Waals surface area (Å²) in [7, 11) is 1.43. The zero-order chi connectivity index (χ0) is 22.6. The average Bonchev–Trinajstić information content (AvgIpc) is 3.06. The summed E-state index contributed by atoms with van der Waals surface area (Å²) >= 11 is 0. The Kier molecular flexibility index (Phi) is 5.23. The second-order valence-corrected chi connectivity index (χ2v) is 11.0. The first kappa shape index (κ1) is 21.7. The van der Waals surface area contributed by atoms with E-state index in [2.05, 4.69) is 10.6 Å². The van der Waals surface area contributed by atoms with Gasteiger partial charge in [-0.25, -0.2) is 4.39 Å². The van der Waals surface area contributed by atoms with E-state index in [0.29, 0.717) is 50.4 Å². The molecule has 6 rings (SSSR count). The maximum absolute atomic E-state index is 13.8. The average molecular weight is 445 g/mol. The van der Waals surface area contributed by atoms with Crippen molar-refractivity contribution in [2.75, 3.05) is 7.11 Å². The molecule has 4 saturated carbocycles. The minimum Gasteiger partial charge on any atom is -0.494 e. The van der Waals surface area contributed by atoms with E-state index in [4.69, 9.17) is 4.74 Å². The zero-order valence-corrected chi connectivity index (χ0v) is 18.7. The molecule has 0 spiro atoms. The number of aliphatic hydroxyl groups is 1. The molecule has 3 atom stereocenters. The Bertz CT molecular complexity index is 921. The van der Waals surface area contributed by atoms with E-state index in [1.807, 2.05) is 0 Å². The van der Waals surface area contributed by atoms with Crippen LogP contribution in [0.4, 0.5) is 4.39 Å². The summed E-state index contributed by atoms with van der Waals surface area (Å²) < 4.78 is 18.9. The first-order valence-corrected chi connectivity index (χ1v) is 11.9. The van der Waals surface area contributed by atoms with E-state index in [-0.39, 0.29) is 23.1 Å². The fraction of sp³-hybridized carbons (Fsp3) is 0.680. The Morgan fingerprint density at radius 1 is 1.28 bits per heavy atom. The van der Waals surface area contributed by atoms with Gasteiger partial charge in [-0.05, 0) is 87.3 Å². The predicted octanol–water partition coefficient (Wildman–Crippen LogP) is 3.01. The Balaban J connectivity index is 1.25. The summed E-state index contributed by atoms with van der Waals surface area (Å²) in [6.07, 6.45) is 7.96. The Labute approximate surface area is 188 Å². The molecule has 1 saturated heterocycles. The molecule has 2 amide bonds. The van der Waals surface area contributed by atoms with Gasteiger partial charge in [-0.15, -0.1) is 0 Å². The third-order valence-electron chi connectivity index (χ3n) is 8.26. The highest BCUT2D eigenvalue weighted by atomic mass is 19.1. The van der Waals surface area contributed by atoms with Crippen LogP contribution in [0.25, 0.3) is 0 Å². The third-order valence-corrected chi connectivity index (χ3v) is 8.26. The molecule has 1 heterocycles. The van der Waals surface area contributed by atoms with Crippen molar-refractivity contribution >= 4 is 11.8 Å². The zero-order valence-electron chi connectivity index (χ0n) is 18.7. The highest BCUT2D eigenvalue weighted by molar-refractivity contribution is 5.80. The van der Waals surface area contributed by atoms with Gasteiger partial charge in [0.05, 0.1) is 12.7 Å². The summed E-state index contributed by atoms with van der Waals surface area (Å²) in [5.41, 5.74) is -0.530. The van der Waals surface area contributed by atoms with Gasteiger partial charge in [-0.2, -0.15) is 0 Å². The van der Waals surface area contributed by atoms with E-state index in [0.717, 1.165) is 31.2 Å². The van der Waals surface area contributed by atoms with Crippen molar-refractivity contribution in [3.8, 4) is 5.75 Å². The summed E-state index contributed by atoms with van der Waals surface area (Å²) in [6, 6.07) is 4.75. The van der Waals surface area contributed by atoms with E-state index in [9.17, 15) is 19.1 Å². The minimum atomic E-state index is -0.611. The molecule has 6 nitrogen and oxygen atoms in total. The highest BCUT2D eigenvalue weighted by Crippen LogP contribution is 2.57. The van der Waals surface area contributed by atoms with Crippen molar-refractivity contribution in [2.24, 2.45) is 11.8 Å². The van der Waals surface area contributed by atoms with Crippen LogP contribution in [0.5, 0.6) is 5.75 Å². The van der Waals surface area contributed by atoms with Crippen LogP contribution in [0, 0.1) is 17.7 Å². The van der Waals surface area contributed by atoms with Crippen molar-refractivity contribution in [3.63, 3.8) is 0 Å². The van der Waals surface area contributed by atoms with Gasteiger partial charge in [0.2, 0.25) is 11.8 Å². The smallest absolute Gasteiger partial charge is 0.220 e. The first-order valence-electron chi connectivity index (χ1n) is 11.9. The number of amides is 2. The monoisotopic (exact) mass is 444 g/mol. The second-order valence-electron chi connectivity index (χ2n) is 11.0. The highest BCUT2D eigenvalue weighted by Gasteiger charge is 2.57. The van der Waals surface area contributed by atoms with E-state index >= 15 is 0 Å². The number of hydrogen-bond acceptors (Lipinski definition) is 4. The van der Waals surface area contributed by atoms with E-state index in [1.54, 1.807) is 12.1 Å². The quantitative estimate of drug-likeness (QED) is 0.603. The number of nitrogens with one attached hydrogen (secondary N) is 2. The van der Waals surface area contributed by atoms with Crippen molar-refractivity contribution in [1.82, 2.24) is 10.6 Å². The summed E-state index contributed by atoms with van der Waals surface area (Å²) in [5, 5.41) is 17.3. The SMILES string of the molecule is COc1cc(C[C@]2(CCC(=O)NC34C[C@H]5C[C@@H](CC(O)(C5)C3)C4)CCC(=O)N2)ccc1F. The summed E-state index contributed by atoms with van der Waals surface area (Å²) in [6.45, 7) is 0. The molecular weight excluding hydrogens is 411 g/mol. The topological polar surface area (TPSA) is 87.7 Å². The van der Waals surface area contributed by atoms with Crippen molar-refractivity contribution in [1.29, 1.82) is 0 Å². The maximum atomic E-state index is 13.8. The van der Waals surface area contributed by atoms with E-state index in [1.165, 1.54) is 19.6 Å². The van der Waals surface area contributed by atoms with Gasteiger partial charge in [-0.3, -0.25) is 9.59 Å². The van der Waals surface area contributed by atoms with E-state index < -0.39 is 17.0 Å². The molecule has 1 aromatic carbocycles. The number of halogens is 1. The molecule has 1 aliphatic heterocycles. The molecule has 0 unspecified atom stereocenters. The van der Waals surface area contributed by atoms with Gasteiger partial charge in [0, 0.05) is 23.9 Å². The molecule has 5 aliphatic rings. The van der Waals surface area contributed by atoms with Crippen molar-refractivity contribution in [3.05, 3.63) is 29.6 Å². The number of methoxy groups -OCH3 is 1. The summed E-state index contributed by atoms with van der Waals surface area (Å²) in [5.74, 6) is 0.762. The molecule has 174 valence electrons. The van der Waals surface area contributed by atoms with Gasteiger partial charge in [0.15, 0.2) is 11.6 Å². The minimum absolute atomic E-state index is 0.00670. The molecule has 7 heteroatoms. The lowest BCUT2D eigenvalue weighted by molar-refractivity contribution is -0.151. The van der Waals surface area contributed by atoms with Crippen LogP contribution in [0.3, 0.4) is 0 Å². The first-order chi connectivity index (χ1) is 15.2. The lowest BCUT2D eigenvalue weighted by Crippen LogP contribution is -2.65. The van der Waals surface area contributed by atoms with Gasteiger partial charge < -0.3 is 20.5 Å². The predicted molar refractivity (Wildman–Crippen MR) is 117 cm³/mol. The lowest BCUT2D eigenvalue weighted by Gasteiger charge is -2.60. The van der Waals surface area contributed by atoms with Crippen molar-refractivity contribution in [2.45, 2.75) is 87.3 Å². The number of ether oxygens (including phenoxy) is 1. The normalized spacial score (nSPS) is 37.4. The van der Waals surface area contributed by atoms with Gasteiger partial charge >= 0.3 is 0 Å². The number of rotatable bonds is 7. The Morgan fingerprint density at radius 3 is 2.66 bits per heavy atom. The number of carbonyl (C=O) groups excluding carboxylic acids is 2. The molecule has 32 heavy (non-hydrogen) atoms. The van der Waals surface area contributed by atoms with Crippen molar-refractivity contribution < 1.29 is 23.8 Å². The van der Waals surface area contributed by atoms with Crippen LogP contribution in [-0.4, -0.2) is 40.7 Å². The summed E-state index contributed by atoms with van der Waals surface area (Å²) in [4.78, 5) is 25.1. The van der Waals surface area contributed by atoms with Gasteiger partial charge in [0.1, 0.15) is 0 Å². The number of carbonyl (C=O) groups is 2. The van der Waals surface area contributed by atoms with Crippen LogP contribution in [-0.2, 0) is 16.0 Å². The van der Waals surface area contributed by atoms with Gasteiger partial charge in [-0.1, -0.05) is 6.07 Å². The molecule has 0 aromatic heterocycles.